The number of hydrogen-bond acceptors (Lipinski definition) is 2. The molecule has 0 unspecified atom stereocenters. The molecule has 0 heterocycles. The Morgan fingerprint density at radius 3 is 2.33 bits per heavy atom. The predicted molar refractivity (Wildman–Crippen MR) is 75.4 cm³/mol. The van der Waals surface area contributed by atoms with Gasteiger partial charge in [-0.15, -0.1) is 0 Å². The molecule has 0 aliphatic rings. The van der Waals surface area contributed by atoms with E-state index in [-0.39, 0.29) is 5.54 Å². The lowest BCUT2D eigenvalue weighted by Crippen LogP contribution is -2.29. The molecule has 0 bridgehead atoms. The molecule has 18 heavy (non-hydrogen) atoms. The molecule has 0 saturated carbocycles. The largest absolute Gasteiger partial charge is 0.624 e. The van der Waals surface area contributed by atoms with Crippen molar-refractivity contribution < 1.29 is 9.48 Å². The smallest absolute Gasteiger partial charge is 0.164 e. The van der Waals surface area contributed by atoms with E-state index in [9.17, 15) is 5.21 Å². The zero-order valence-electron chi connectivity index (χ0n) is 11.8. The molecule has 1 rings (SSSR count). The highest BCUT2D eigenvalue weighted by Crippen LogP contribution is 2.13. The summed E-state index contributed by atoms with van der Waals surface area (Å²) in [4.78, 5) is 0. The van der Waals surface area contributed by atoms with Gasteiger partial charge in [-0.2, -0.15) is 0 Å². The van der Waals surface area contributed by atoms with Gasteiger partial charge in [0.05, 0.1) is 6.61 Å². The van der Waals surface area contributed by atoms with Crippen molar-refractivity contribution in [3.8, 4) is 5.75 Å². The quantitative estimate of drug-likeness (QED) is 0.347. The summed E-state index contributed by atoms with van der Waals surface area (Å²) in [5.74, 6) is 0.894. The number of hydroxylamine groups is 1. The lowest BCUT2D eigenvalue weighted by atomic mass is 10.1. The molecule has 0 saturated heterocycles. The maximum absolute atomic E-state index is 11.6. The molecule has 0 radical (unpaired) electrons. The number of benzene rings is 1. The fourth-order valence-corrected chi connectivity index (χ4v) is 1.54. The van der Waals surface area contributed by atoms with Crippen molar-refractivity contribution in [2.24, 2.45) is 0 Å². The Kier molecular flexibility index (Phi) is 5.20. The molecule has 100 valence electrons. The van der Waals surface area contributed by atoms with E-state index in [1.165, 1.54) is 5.56 Å². The highest BCUT2D eigenvalue weighted by atomic mass is 16.5. The first-order valence-electron chi connectivity index (χ1n) is 6.45. The number of ether oxygens (including phenoxy) is 1. The van der Waals surface area contributed by atoms with Crippen LogP contribution in [0.5, 0.6) is 5.75 Å². The fourth-order valence-electron chi connectivity index (χ4n) is 1.54. The zero-order chi connectivity index (χ0) is 13.6. The average molecular weight is 249 g/mol. The lowest BCUT2D eigenvalue weighted by Gasteiger charge is -2.18. The summed E-state index contributed by atoms with van der Waals surface area (Å²) in [5.41, 5.74) is 0.871. The van der Waals surface area contributed by atoms with E-state index in [1.807, 2.05) is 52.0 Å². The monoisotopic (exact) mass is 249 g/mol. The van der Waals surface area contributed by atoms with Crippen LogP contribution >= 0.6 is 0 Å². The van der Waals surface area contributed by atoms with Crippen LogP contribution in [-0.4, -0.2) is 23.1 Å². The molecule has 0 atom stereocenters. The predicted octanol–water partition coefficient (Wildman–Crippen LogP) is 3.40. The molecule has 0 spiro atoms. The SMILES string of the molecule is CCOc1ccc(CCC=[N+]([O-])C(C)(C)C)cc1. The third kappa shape index (κ3) is 4.78. The highest BCUT2D eigenvalue weighted by molar-refractivity contribution is 5.52. The van der Waals surface area contributed by atoms with Crippen molar-refractivity contribution in [1.29, 1.82) is 0 Å². The second-order valence-electron chi connectivity index (χ2n) is 5.29. The molecule has 0 amide bonds. The topological polar surface area (TPSA) is 35.3 Å². The molecule has 0 aliphatic carbocycles. The molecule has 0 fully saturated rings. The molecule has 1 aromatic carbocycles. The summed E-state index contributed by atoms with van der Waals surface area (Å²) in [5, 5.41) is 11.6. The van der Waals surface area contributed by atoms with E-state index < -0.39 is 0 Å². The number of nitrogens with zero attached hydrogens (tertiary/aromatic N) is 1. The summed E-state index contributed by atoms with van der Waals surface area (Å²) in [6.07, 6.45) is 3.35. The van der Waals surface area contributed by atoms with Crippen LogP contribution in [0.4, 0.5) is 0 Å². The second kappa shape index (κ2) is 6.43. The third-order valence-electron chi connectivity index (χ3n) is 2.62. The third-order valence-corrected chi connectivity index (χ3v) is 2.62. The van der Waals surface area contributed by atoms with Gasteiger partial charge in [-0.25, -0.2) is 4.74 Å². The maximum Gasteiger partial charge on any atom is 0.164 e. The Labute approximate surface area is 110 Å². The van der Waals surface area contributed by atoms with Crippen LogP contribution in [0.2, 0.25) is 0 Å². The summed E-state index contributed by atoms with van der Waals surface area (Å²) in [7, 11) is 0. The molecule has 0 aromatic heterocycles. The number of rotatable bonds is 5. The van der Waals surface area contributed by atoms with Gasteiger partial charge < -0.3 is 9.94 Å². The zero-order valence-corrected chi connectivity index (χ0v) is 11.8. The van der Waals surface area contributed by atoms with Gasteiger partial charge in [0, 0.05) is 27.2 Å². The number of hydrogen-bond donors (Lipinski definition) is 0. The van der Waals surface area contributed by atoms with Crippen molar-refractivity contribution in [2.45, 2.75) is 46.1 Å². The Morgan fingerprint density at radius 1 is 1.22 bits per heavy atom. The molecule has 0 aliphatic heterocycles. The molecule has 3 nitrogen and oxygen atoms in total. The second-order valence-corrected chi connectivity index (χ2v) is 5.29. The van der Waals surface area contributed by atoms with E-state index in [0.717, 1.165) is 23.3 Å². The van der Waals surface area contributed by atoms with E-state index in [2.05, 4.69) is 0 Å². The van der Waals surface area contributed by atoms with Crippen LogP contribution in [-0.2, 0) is 6.42 Å². The van der Waals surface area contributed by atoms with E-state index >= 15 is 0 Å². The van der Waals surface area contributed by atoms with Gasteiger partial charge in [0.15, 0.2) is 11.8 Å². The van der Waals surface area contributed by atoms with Gasteiger partial charge in [-0.05, 0) is 31.0 Å². The van der Waals surface area contributed by atoms with Crippen LogP contribution in [0, 0.1) is 5.21 Å². The standard InChI is InChI=1S/C15H23NO2/c1-5-18-14-10-8-13(9-11-14)7-6-12-16(17)15(2,3)4/h8-12H,5-7H2,1-4H3. The van der Waals surface area contributed by atoms with Crippen LogP contribution < -0.4 is 4.74 Å². The Morgan fingerprint density at radius 2 is 1.83 bits per heavy atom. The summed E-state index contributed by atoms with van der Waals surface area (Å²) < 4.78 is 6.41. The van der Waals surface area contributed by atoms with Gasteiger partial charge in [-0.3, -0.25) is 0 Å². The van der Waals surface area contributed by atoms with Crippen LogP contribution in [0.15, 0.2) is 24.3 Å². The van der Waals surface area contributed by atoms with Crippen LogP contribution in [0.1, 0.15) is 39.7 Å². The molecule has 1 aromatic rings. The van der Waals surface area contributed by atoms with E-state index in [0.29, 0.717) is 6.61 Å². The van der Waals surface area contributed by atoms with Crippen molar-refractivity contribution in [2.75, 3.05) is 6.61 Å². The number of aryl methyl sites for hydroxylation is 1. The van der Waals surface area contributed by atoms with Gasteiger partial charge in [0.1, 0.15) is 5.75 Å². The average Bonchev–Trinajstić information content (AvgIpc) is 2.30. The highest BCUT2D eigenvalue weighted by Gasteiger charge is 2.17. The molecular formula is C15H23NO2. The van der Waals surface area contributed by atoms with Gasteiger partial charge in [0.25, 0.3) is 0 Å². The van der Waals surface area contributed by atoms with Gasteiger partial charge in [-0.1, -0.05) is 12.1 Å². The molecule has 3 heteroatoms. The fraction of sp³-hybridized carbons (Fsp3) is 0.533. The first-order chi connectivity index (χ1) is 8.43. The van der Waals surface area contributed by atoms with Crippen molar-refractivity contribution in [3.63, 3.8) is 0 Å². The normalized spacial score (nSPS) is 12.6. The van der Waals surface area contributed by atoms with Crippen LogP contribution in [0.25, 0.3) is 0 Å². The summed E-state index contributed by atoms with van der Waals surface area (Å²) in [6.45, 7) is 8.39. The molecule has 0 N–H and O–H groups in total. The van der Waals surface area contributed by atoms with Crippen molar-refractivity contribution in [1.82, 2.24) is 0 Å². The van der Waals surface area contributed by atoms with Crippen molar-refractivity contribution >= 4 is 6.21 Å². The molecular weight excluding hydrogens is 226 g/mol. The van der Waals surface area contributed by atoms with Gasteiger partial charge >= 0.3 is 0 Å². The Hall–Kier alpha value is -1.51. The first kappa shape index (κ1) is 14.6. The van der Waals surface area contributed by atoms with Crippen LogP contribution in [0.3, 0.4) is 0 Å². The Bertz CT molecular complexity index is 388. The minimum absolute atomic E-state index is 0.348. The minimum Gasteiger partial charge on any atom is -0.624 e. The minimum atomic E-state index is -0.348. The Balaban J connectivity index is 2.49. The van der Waals surface area contributed by atoms with Gasteiger partial charge in [0.2, 0.25) is 0 Å². The lowest BCUT2D eigenvalue weighted by molar-refractivity contribution is -0.532. The van der Waals surface area contributed by atoms with E-state index in [1.54, 1.807) is 6.21 Å². The summed E-state index contributed by atoms with van der Waals surface area (Å²) in [6, 6.07) is 8.03. The summed E-state index contributed by atoms with van der Waals surface area (Å²) >= 11 is 0. The van der Waals surface area contributed by atoms with Crippen molar-refractivity contribution in [3.05, 3.63) is 35.0 Å². The first-order valence-corrected chi connectivity index (χ1v) is 6.45. The van der Waals surface area contributed by atoms with E-state index in [4.69, 9.17) is 4.74 Å². The maximum atomic E-state index is 11.6.